The molecule has 1 aromatic heterocycles. The second-order valence-corrected chi connectivity index (χ2v) is 3.38. The van der Waals surface area contributed by atoms with Gasteiger partial charge in [-0.3, -0.25) is 4.57 Å². The molecule has 13 heavy (non-hydrogen) atoms. The van der Waals surface area contributed by atoms with Gasteiger partial charge in [0.2, 0.25) is 0 Å². The van der Waals surface area contributed by atoms with E-state index in [0.29, 0.717) is 0 Å². The molecule has 0 radical (unpaired) electrons. The fraction of sp³-hybridized carbons (Fsp3) is 0.143. The van der Waals surface area contributed by atoms with Crippen LogP contribution < -0.4 is 4.74 Å². The van der Waals surface area contributed by atoms with Gasteiger partial charge in [-0.25, -0.2) is 4.79 Å². The Labute approximate surface area is 81.8 Å². The lowest BCUT2D eigenvalue weighted by Gasteiger charge is -2.13. The van der Waals surface area contributed by atoms with Crippen molar-refractivity contribution in [2.45, 2.75) is 4.95 Å². The Morgan fingerprint density at radius 1 is 1.77 bits per heavy atom. The maximum atomic E-state index is 10.6. The molecule has 0 amide bonds. The number of carboxylic acids is 1. The lowest BCUT2D eigenvalue weighted by molar-refractivity contribution is 0.0690. The minimum Gasteiger partial charge on any atom is -0.476 e. The topological polar surface area (TPSA) is 64.3 Å². The minimum atomic E-state index is -1.06. The molecule has 6 heteroatoms. The quantitative estimate of drug-likeness (QED) is 0.759. The number of fused-ring (bicyclic) bond motifs is 1. The summed E-state index contributed by atoms with van der Waals surface area (Å²) in [6.45, 7) is 0. The molecule has 1 N–H and O–H groups in total. The summed E-state index contributed by atoms with van der Waals surface area (Å²) in [5, 5.41) is 8.65. The number of allylic oxidation sites excluding steroid dienone is 1. The van der Waals surface area contributed by atoms with Crippen LogP contribution >= 0.6 is 15.9 Å². The summed E-state index contributed by atoms with van der Waals surface area (Å²) in [6, 6.07) is 0.279. The van der Waals surface area contributed by atoms with E-state index in [0.717, 1.165) is 0 Å². The molecule has 1 atom stereocenters. The van der Waals surface area contributed by atoms with E-state index in [1.54, 1.807) is 10.6 Å². The largest absolute Gasteiger partial charge is 0.476 e. The third-order valence-corrected chi connectivity index (χ3v) is 2.34. The Balaban J connectivity index is 2.45. The van der Waals surface area contributed by atoms with Crippen LogP contribution in [0.25, 0.3) is 0 Å². The van der Waals surface area contributed by atoms with Crippen molar-refractivity contribution < 1.29 is 14.6 Å². The van der Waals surface area contributed by atoms with Gasteiger partial charge in [-0.1, -0.05) is 15.9 Å². The molecule has 0 bridgehead atoms. The van der Waals surface area contributed by atoms with Crippen molar-refractivity contribution in [1.82, 2.24) is 9.55 Å². The van der Waals surface area contributed by atoms with E-state index < -0.39 is 5.97 Å². The van der Waals surface area contributed by atoms with Crippen molar-refractivity contribution in [3.05, 3.63) is 24.2 Å². The standard InChI is InChI=1S/C7H5BrN2O3/c8-5-1-2-13-7-9-4(6(11)12)3-10(5)7/h1-3,5H,(H,11,12). The third-order valence-electron chi connectivity index (χ3n) is 1.59. The predicted octanol–water partition coefficient (Wildman–Crippen LogP) is 1.38. The number of rotatable bonds is 1. The number of aromatic nitrogens is 2. The lowest BCUT2D eigenvalue weighted by Crippen LogP contribution is -2.05. The summed E-state index contributed by atoms with van der Waals surface area (Å²) < 4.78 is 6.59. The van der Waals surface area contributed by atoms with E-state index in [9.17, 15) is 4.79 Å². The monoisotopic (exact) mass is 244 g/mol. The van der Waals surface area contributed by atoms with Crippen LogP contribution in [-0.2, 0) is 0 Å². The summed E-state index contributed by atoms with van der Waals surface area (Å²) in [4.78, 5) is 14.2. The summed E-state index contributed by atoms with van der Waals surface area (Å²) in [5.74, 6) is -1.06. The molecule has 5 nitrogen and oxygen atoms in total. The molecule has 2 rings (SSSR count). The van der Waals surface area contributed by atoms with Gasteiger partial charge >= 0.3 is 12.0 Å². The Morgan fingerprint density at radius 3 is 3.15 bits per heavy atom. The van der Waals surface area contributed by atoms with Gasteiger partial charge in [-0.2, -0.15) is 4.98 Å². The summed E-state index contributed by atoms with van der Waals surface area (Å²) in [7, 11) is 0. The van der Waals surface area contributed by atoms with Crippen LogP contribution in [0.2, 0.25) is 0 Å². The maximum absolute atomic E-state index is 10.6. The van der Waals surface area contributed by atoms with Gasteiger partial charge in [0, 0.05) is 6.20 Å². The first-order valence-corrected chi connectivity index (χ1v) is 4.39. The Hall–Kier alpha value is -1.30. The molecule has 0 spiro atoms. The van der Waals surface area contributed by atoms with Gasteiger partial charge in [-0.15, -0.1) is 0 Å². The van der Waals surface area contributed by atoms with Crippen molar-refractivity contribution in [1.29, 1.82) is 0 Å². The van der Waals surface area contributed by atoms with Gasteiger partial charge < -0.3 is 9.84 Å². The fourth-order valence-corrected chi connectivity index (χ4v) is 1.42. The fourth-order valence-electron chi connectivity index (χ4n) is 1.00. The summed E-state index contributed by atoms with van der Waals surface area (Å²) in [5.41, 5.74) is -0.0249. The van der Waals surface area contributed by atoms with E-state index in [2.05, 4.69) is 20.9 Å². The average Bonchev–Trinajstić information content (AvgIpc) is 2.49. The highest BCUT2D eigenvalue weighted by molar-refractivity contribution is 9.09. The Kier molecular flexibility index (Phi) is 1.84. The summed E-state index contributed by atoms with van der Waals surface area (Å²) >= 11 is 3.31. The van der Waals surface area contributed by atoms with Crippen LogP contribution in [0.5, 0.6) is 6.01 Å². The summed E-state index contributed by atoms with van der Waals surface area (Å²) in [6.07, 6.45) is 4.62. The lowest BCUT2D eigenvalue weighted by atomic mass is 10.5. The normalized spacial score (nSPS) is 19.3. The first kappa shape index (κ1) is 8.31. The molecule has 0 saturated heterocycles. The van der Waals surface area contributed by atoms with Crippen LogP contribution in [-0.4, -0.2) is 20.6 Å². The minimum absolute atomic E-state index is 0.0249. The zero-order chi connectivity index (χ0) is 9.42. The number of aromatic carboxylic acids is 1. The van der Waals surface area contributed by atoms with Crippen LogP contribution in [0, 0.1) is 0 Å². The SMILES string of the molecule is O=C(O)c1cn2c(n1)OC=CC2Br. The number of ether oxygens (including phenoxy) is 1. The maximum Gasteiger partial charge on any atom is 0.356 e. The number of imidazole rings is 1. The van der Waals surface area contributed by atoms with Gasteiger partial charge in [0.15, 0.2) is 5.69 Å². The van der Waals surface area contributed by atoms with Crippen molar-refractivity contribution in [3.8, 4) is 6.01 Å². The molecule has 0 fully saturated rings. The van der Waals surface area contributed by atoms with Crippen LogP contribution in [0.4, 0.5) is 0 Å². The van der Waals surface area contributed by atoms with E-state index in [1.165, 1.54) is 12.5 Å². The first-order valence-electron chi connectivity index (χ1n) is 3.48. The molecule has 1 aliphatic heterocycles. The van der Waals surface area contributed by atoms with Gasteiger partial charge in [0.05, 0.1) is 6.26 Å². The Morgan fingerprint density at radius 2 is 2.54 bits per heavy atom. The van der Waals surface area contributed by atoms with Crippen LogP contribution in [0.15, 0.2) is 18.5 Å². The van der Waals surface area contributed by atoms with E-state index >= 15 is 0 Å². The molecule has 2 heterocycles. The van der Waals surface area contributed by atoms with Gasteiger partial charge in [0.25, 0.3) is 0 Å². The molecule has 1 aliphatic rings. The third kappa shape index (κ3) is 1.33. The second kappa shape index (κ2) is 2.88. The zero-order valence-electron chi connectivity index (χ0n) is 6.35. The van der Waals surface area contributed by atoms with Crippen molar-refractivity contribution in [3.63, 3.8) is 0 Å². The van der Waals surface area contributed by atoms with E-state index in [4.69, 9.17) is 9.84 Å². The highest BCUT2D eigenvalue weighted by atomic mass is 79.9. The predicted molar refractivity (Wildman–Crippen MR) is 46.9 cm³/mol. The Bertz CT molecular complexity index is 385. The zero-order valence-corrected chi connectivity index (χ0v) is 7.93. The van der Waals surface area contributed by atoms with E-state index in [-0.39, 0.29) is 16.7 Å². The number of nitrogens with zero attached hydrogens (tertiary/aromatic N) is 2. The molecule has 68 valence electrons. The number of carboxylic acid groups (broad SMARTS) is 1. The molecule has 0 aliphatic carbocycles. The molecular formula is C7H5BrN2O3. The second-order valence-electron chi connectivity index (χ2n) is 2.44. The smallest absolute Gasteiger partial charge is 0.356 e. The molecule has 1 unspecified atom stereocenters. The molecule has 0 aromatic carbocycles. The van der Waals surface area contributed by atoms with Gasteiger partial charge in [-0.05, 0) is 6.08 Å². The molecule has 1 aromatic rings. The highest BCUT2D eigenvalue weighted by Crippen LogP contribution is 2.27. The number of alkyl halides is 1. The number of carbonyl (C=O) groups is 1. The van der Waals surface area contributed by atoms with Crippen molar-refractivity contribution >= 4 is 21.9 Å². The van der Waals surface area contributed by atoms with E-state index in [1.807, 2.05) is 0 Å². The highest BCUT2D eigenvalue weighted by Gasteiger charge is 2.19. The first-order chi connectivity index (χ1) is 6.18. The molecule has 0 saturated carbocycles. The average molecular weight is 245 g/mol. The van der Waals surface area contributed by atoms with Gasteiger partial charge in [0.1, 0.15) is 4.95 Å². The number of hydrogen-bond acceptors (Lipinski definition) is 3. The van der Waals surface area contributed by atoms with Crippen LogP contribution in [0.1, 0.15) is 15.4 Å². The number of hydrogen-bond donors (Lipinski definition) is 1. The number of halogens is 1. The van der Waals surface area contributed by atoms with Crippen molar-refractivity contribution in [2.24, 2.45) is 0 Å². The van der Waals surface area contributed by atoms with Crippen molar-refractivity contribution in [2.75, 3.05) is 0 Å². The van der Waals surface area contributed by atoms with Crippen LogP contribution in [0.3, 0.4) is 0 Å². The molecular weight excluding hydrogens is 240 g/mol.